The average molecular weight is 288 g/mol. The normalized spacial score (nSPS) is 12.2. The van der Waals surface area contributed by atoms with Gasteiger partial charge in [0, 0.05) is 16.8 Å². The number of benzene rings is 1. The van der Waals surface area contributed by atoms with Crippen LogP contribution < -0.4 is 5.32 Å². The molecule has 0 heterocycles. The standard InChI is InChI=1S/C11H14BrNOS/c1-8(11(14)13-6-7-15)9-2-4-10(12)5-3-9/h2-5,8,15H,6-7H2,1H3,(H,13,14). The van der Waals surface area contributed by atoms with Crippen molar-refractivity contribution < 1.29 is 4.79 Å². The zero-order chi connectivity index (χ0) is 11.3. The minimum Gasteiger partial charge on any atom is -0.355 e. The Kier molecular flexibility index (Phi) is 5.19. The molecule has 1 N–H and O–H groups in total. The molecule has 1 rings (SSSR count). The topological polar surface area (TPSA) is 29.1 Å². The van der Waals surface area contributed by atoms with Gasteiger partial charge in [-0.25, -0.2) is 0 Å². The van der Waals surface area contributed by atoms with Gasteiger partial charge in [0.05, 0.1) is 5.92 Å². The summed E-state index contributed by atoms with van der Waals surface area (Å²) < 4.78 is 1.02. The Balaban J connectivity index is 2.63. The summed E-state index contributed by atoms with van der Waals surface area (Å²) in [7, 11) is 0. The summed E-state index contributed by atoms with van der Waals surface area (Å²) in [6.45, 7) is 2.51. The van der Waals surface area contributed by atoms with E-state index in [9.17, 15) is 4.79 Å². The van der Waals surface area contributed by atoms with Crippen LogP contribution in [0.4, 0.5) is 0 Å². The van der Waals surface area contributed by atoms with Gasteiger partial charge in [-0.1, -0.05) is 28.1 Å². The second-order valence-electron chi connectivity index (χ2n) is 3.29. The van der Waals surface area contributed by atoms with Crippen molar-refractivity contribution in [2.45, 2.75) is 12.8 Å². The Bertz CT molecular complexity index is 326. The molecule has 1 amide bonds. The van der Waals surface area contributed by atoms with Gasteiger partial charge in [-0.3, -0.25) is 4.79 Å². The number of amides is 1. The molecular formula is C11H14BrNOS. The van der Waals surface area contributed by atoms with Gasteiger partial charge in [0.1, 0.15) is 0 Å². The van der Waals surface area contributed by atoms with E-state index in [1.54, 1.807) is 0 Å². The molecule has 1 atom stereocenters. The van der Waals surface area contributed by atoms with Crippen LogP contribution in [-0.4, -0.2) is 18.2 Å². The maximum Gasteiger partial charge on any atom is 0.227 e. The van der Waals surface area contributed by atoms with Crippen LogP contribution in [0.3, 0.4) is 0 Å². The van der Waals surface area contributed by atoms with Crippen LogP contribution in [0.1, 0.15) is 18.4 Å². The van der Waals surface area contributed by atoms with E-state index in [2.05, 4.69) is 33.9 Å². The molecule has 4 heteroatoms. The Morgan fingerprint density at radius 1 is 1.47 bits per heavy atom. The van der Waals surface area contributed by atoms with E-state index in [0.29, 0.717) is 12.3 Å². The highest BCUT2D eigenvalue weighted by atomic mass is 79.9. The highest BCUT2D eigenvalue weighted by Gasteiger charge is 2.13. The van der Waals surface area contributed by atoms with Gasteiger partial charge in [0.15, 0.2) is 0 Å². The Hall–Kier alpha value is -0.480. The third kappa shape index (κ3) is 3.87. The van der Waals surface area contributed by atoms with Crippen molar-refractivity contribution in [3.63, 3.8) is 0 Å². The molecule has 1 unspecified atom stereocenters. The molecule has 0 aliphatic rings. The van der Waals surface area contributed by atoms with Crippen LogP contribution in [0.2, 0.25) is 0 Å². The van der Waals surface area contributed by atoms with Crippen LogP contribution >= 0.6 is 28.6 Å². The molecule has 0 saturated carbocycles. The first-order valence-corrected chi connectivity index (χ1v) is 6.21. The van der Waals surface area contributed by atoms with E-state index >= 15 is 0 Å². The first kappa shape index (κ1) is 12.6. The zero-order valence-electron chi connectivity index (χ0n) is 8.53. The van der Waals surface area contributed by atoms with E-state index in [4.69, 9.17) is 0 Å². The molecule has 0 bridgehead atoms. The molecule has 2 nitrogen and oxygen atoms in total. The molecule has 0 fully saturated rings. The quantitative estimate of drug-likeness (QED) is 0.819. The van der Waals surface area contributed by atoms with E-state index in [1.165, 1.54) is 0 Å². The Morgan fingerprint density at radius 3 is 2.60 bits per heavy atom. The molecule has 82 valence electrons. The first-order chi connectivity index (χ1) is 7.15. The van der Waals surface area contributed by atoms with Gasteiger partial charge < -0.3 is 5.32 Å². The smallest absolute Gasteiger partial charge is 0.227 e. The summed E-state index contributed by atoms with van der Waals surface area (Å²) in [6, 6.07) is 7.79. The number of hydrogen-bond donors (Lipinski definition) is 2. The van der Waals surface area contributed by atoms with Gasteiger partial charge >= 0.3 is 0 Å². The minimum atomic E-state index is -0.113. The van der Waals surface area contributed by atoms with Crippen molar-refractivity contribution in [1.82, 2.24) is 5.32 Å². The predicted molar refractivity (Wildman–Crippen MR) is 69.4 cm³/mol. The average Bonchev–Trinajstić information content (AvgIpc) is 2.26. The molecular weight excluding hydrogens is 274 g/mol. The van der Waals surface area contributed by atoms with Crippen molar-refractivity contribution in [1.29, 1.82) is 0 Å². The molecule has 15 heavy (non-hydrogen) atoms. The van der Waals surface area contributed by atoms with Crippen LogP contribution in [0.5, 0.6) is 0 Å². The number of nitrogens with one attached hydrogen (secondary N) is 1. The van der Waals surface area contributed by atoms with Crippen LogP contribution in [0.25, 0.3) is 0 Å². The molecule has 1 aromatic rings. The molecule has 0 saturated heterocycles. The molecule has 0 aromatic heterocycles. The minimum absolute atomic E-state index is 0.0476. The lowest BCUT2D eigenvalue weighted by molar-refractivity contribution is -0.122. The molecule has 0 radical (unpaired) electrons. The first-order valence-electron chi connectivity index (χ1n) is 4.79. The van der Waals surface area contributed by atoms with Crippen LogP contribution in [-0.2, 0) is 4.79 Å². The molecule has 0 aliphatic carbocycles. The van der Waals surface area contributed by atoms with Crippen LogP contribution in [0, 0.1) is 0 Å². The van der Waals surface area contributed by atoms with E-state index in [1.807, 2.05) is 31.2 Å². The fourth-order valence-corrected chi connectivity index (χ4v) is 1.61. The summed E-state index contributed by atoms with van der Waals surface area (Å²) in [5.74, 6) is 0.600. The summed E-state index contributed by atoms with van der Waals surface area (Å²) in [5.41, 5.74) is 1.02. The number of thiol groups is 1. The molecule has 1 aromatic carbocycles. The lowest BCUT2D eigenvalue weighted by atomic mass is 10.0. The van der Waals surface area contributed by atoms with E-state index in [0.717, 1.165) is 10.0 Å². The van der Waals surface area contributed by atoms with Crippen molar-refractivity contribution in [3.05, 3.63) is 34.3 Å². The summed E-state index contributed by atoms with van der Waals surface area (Å²) >= 11 is 7.41. The summed E-state index contributed by atoms with van der Waals surface area (Å²) in [5, 5.41) is 2.82. The second kappa shape index (κ2) is 6.18. The lowest BCUT2D eigenvalue weighted by Gasteiger charge is -2.11. The highest BCUT2D eigenvalue weighted by molar-refractivity contribution is 9.10. The summed E-state index contributed by atoms with van der Waals surface area (Å²) in [6.07, 6.45) is 0. The monoisotopic (exact) mass is 287 g/mol. The second-order valence-corrected chi connectivity index (χ2v) is 4.65. The maximum absolute atomic E-state index is 11.6. The predicted octanol–water partition coefficient (Wildman–Crippen LogP) is 2.60. The van der Waals surface area contributed by atoms with Crippen molar-refractivity contribution in [2.75, 3.05) is 12.3 Å². The summed E-state index contributed by atoms with van der Waals surface area (Å²) in [4.78, 5) is 11.6. The molecule has 0 aliphatic heterocycles. The Morgan fingerprint density at radius 2 is 2.07 bits per heavy atom. The van der Waals surface area contributed by atoms with Crippen LogP contribution in [0.15, 0.2) is 28.7 Å². The SMILES string of the molecule is CC(C(=O)NCCS)c1ccc(Br)cc1. The number of carbonyl (C=O) groups excluding carboxylic acids is 1. The maximum atomic E-state index is 11.6. The van der Waals surface area contributed by atoms with Crippen molar-refractivity contribution >= 4 is 34.5 Å². The van der Waals surface area contributed by atoms with Gasteiger partial charge in [0.25, 0.3) is 0 Å². The fraction of sp³-hybridized carbons (Fsp3) is 0.364. The lowest BCUT2D eigenvalue weighted by Crippen LogP contribution is -2.29. The zero-order valence-corrected chi connectivity index (χ0v) is 11.0. The van der Waals surface area contributed by atoms with E-state index < -0.39 is 0 Å². The number of hydrogen-bond acceptors (Lipinski definition) is 2. The third-order valence-corrected chi connectivity index (χ3v) is 2.93. The van der Waals surface area contributed by atoms with E-state index in [-0.39, 0.29) is 11.8 Å². The van der Waals surface area contributed by atoms with Gasteiger partial charge in [0.2, 0.25) is 5.91 Å². The number of halogens is 1. The highest BCUT2D eigenvalue weighted by Crippen LogP contribution is 2.18. The third-order valence-electron chi connectivity index (χ3n) is 2.17. The van der Waals surface area contributed by atoms with Gasteiger partial charge in [-0.15, -0.1) is 0 Å². The van der Waals surface area contributed by atoms with Crippen molar-refractivity contribution in [2.24, 2.45) is 0 Å². The number of carbonyl (C=O) groups is 1. The largest absolute Gasteiger partial charge is 0.355 e. The number of rotatable bonds is 4. The fourth-order valence-electron chi connectivity index (χ4n) is 1.24. The van der Waals surface area contributed by atoms with Gasteiger partial charge in [-0.05, 0) is 24.6 Å². The van der Waals surface area contributed by atoms with Gasteiger partial charge in [-0.2, -0.15) is 12.6 Å². The Labute approximate surface area is 104 Å². The van der Waals surface area contributed by atoms with Crippen molar-refractivity contribution in [3.8, 4) is 0 Å². The molecule has 0 spiro atoms.